The smallest absolute Gasteiger partial charge is 0.339 e. The lowest BCUT2D eigenvalue weighted by atomic mass is 10.3. The molecular weight excluding hydrogens is 284 g/mol. The van der Waals surface area contributed by atoms with Gasteiger partial charge in [-0.05, 0) is 48.5 Å². The average molecular weight is 300 g/mol. The van der Waals surface area contributed by atoms with Gasteiger partial charge in [0.25, 0.3) is 0 Å². The molecule has 114 valence electrons. The Balaban J connectivity index is 1.84. The van der Waals surface area contributed by atoms with Crippen molar-refractivity contribution in [2.75, 3.05) is 14.2 Å². The van der Waals surface area contributed by atoms with Crippen LogP contribution in [0.25, 0.3) is 0 Å². The molecule has 5 heteroatoms. The standard InChI is InChI=1S/C17H16O5/c1-19-13-3-7-15(8-4-13)21-12-11-17(18)22-16-9-5-14(20-2)6-10-16/h3-12H,1-2H3. The lowest BCUT2D eigenvalue weighted by Crippen LogP contribution is -2.04. The van der Waals surface area contributed by atoms with Gasteiger partial charge in [-0.25, -0.2) is 4.79 Å². The molecule has 0 aliphatic rings. The number of carbonyl (C=O) groups excluding carboxylic acids is 1. The van der Waals surface area contributed by atoms with Gasteiger partial charge in [-0.3, -0.25) is 0 Å². The summed E-state index contributed by atoms with van der Waals surface area (Å²) in [5, 5.41) is 0. The number of hydrogen-bond donors (Lipinski definition) is 0. The van der Waals surface area contributed by atoms with E-state index in [1.165, 1.54) is 12.3 Å². The van der Waals surface area contributed by atoms with Gasteiger partial charge in [-0.15, -0.1) is 0 Å². The molecule has 5 nitrogen and oxygen atoms in total. The number of benzene rings is 2. The van der Waals surface area contributed by atoms with Gasteiger partial charge in [-0.1, -0.05) is 0 Å². The van der Waals surface area contributed by atoms with Crippen LogP contribution in [-0.2, 0) is 4.79 Å². The van der Waals surface area contributed by atoms with E-state index in [9.17, 15) is 4.79 Å². The first-order chi connectivity index (χ1) is 10.7. The molecule has 0 atom stereocenters. The highest BCUT2D eigenvalue weighted by molar-refractivity contribution is 5.83. The lowest BCUT2D eigenvalue weighted by Gasteiger charge is -2.03. The zero-order valence-electron chi connectivity index (χ0n) is 12.3. The minimum Gasteiger partial charge on any atom is -0.497 e. The second-order valence-corrected chi connectivity index (χ2v) is 4.19. The van der Waals surface area contributed by atoms with E-state index in [4.69, 9.17) is 18.9 Å². The van der Waals surface area contributed by atoms with Crippen molar-refractivity contribution in [1.29, 1.82) is 0 Å². The first-order valence-corrected chi connectivity index (χ1v) is 6.54. The van der Waals surface area contributed by atoms with Gasteiger partial charge >= 0.3 is 5.97 Å². The summed E-state index contributed by atoms with van der Waals surface area (Å²) in [4.78, 5) is 11.6. The van der Waals surface area contributed by atoms with Crippen LogP contribution < -0.4 is 18.9 Å². The molecule has 0 N–H and O–H groups in total. The van der Waals surface area contributed by atoms with Gasteiger partial charge in [-0.2, -0.15) is 0 Å². The van der Waals surface area contributed by atoms with E-state index in [1.54, 1.807) is 62.8 Å². The molecule has 2 aromatic carbocycles. The van der Waals surface area contributed by atoms with Crippen molar-refractivity contribution < 1.29 is 23.7 Å². The Kier molecular flexibility index (Phi) is 5.43. The Morgan fingerprint density at radius 3 is 1.73 bits per heavy atom. The summed E-state index contributed by atoms with van der Waals surface area (Å²) < 4.78 is 20.5. The van der Waals surface area contributed by atoms with Crippen LogP contribution in [0.4, 0.5) is 0 Å². The van der Waals surface area contributed by atoms with E-state index in [0.717, 1.165) is 5.75 Å². The Hall–Kier alpha value is -2.95. The van der Waals surface area contributed by atoms with E-state index >= 15 is 0 Å². The van der Waals surface area contributed by atoms with Crippen LogP contribution in [0.15, 0.2) is 60.9 Å². The minimum absolute atomic E-state index is 0.430. The first kappa shape index (κ1) is 15.4. The fraction of sp³-hybridized carbons (Fsp3) is 0.118. The Morgan fingerprint density at radius 1 is 0.773 bits per heavy atom. The highest BCUT2D eigenvalue weighted by Crippen LogP contribution is 2.18. The molecule has 2 aromatic rings. The first-order valence-electron chi connectivity index (χ1n) is 6.54. The highest BCUT2D eigenvalue weighted by Gasteiger charge is 2.01. The van der Waals surface area contributed by atoms with Gasteiger partial charge in [0.1, 0.15) is 23.0 Å². The van der Waals surface area contributed by atoms with E-state index in [0.29, 0.717) is 17.2 Å². The van der Waals surface area contributed by atoms with E-state index in [-0.39, 0.29) is 0 Å². The average Bonchev–Trinajstić information content (AvgIpc) is 2.56. The topological polar surface area (TPSA) is 54.0 Å². The second-order valence-electron chi connectivity index (χ2n) is 4.19. The van der Waals surface area contributed by atoms with Gasteiger partial charge in [0.15, 0.2) is 0 Å². The van der Waals surface area contributed by atoms with Crippen LogP contribution in [0.5, 0.6) is 23.0 Å². The quantitative estimate of drug-likeness (QED) is 0.355. The summed E-state index contributed by atoms with van der Waals surface area (Å²) in [5.41, 5.74) is 0. The molecule has 0 aromatic heterocycles. The number of carbonyl (C=O) groups is 1. The molecule has 0 amide bonds. The van der Waals surface area contributed by atoms with Crippen LogP contribution in [0.1, 0.15) is 0 Å². The van der Waals surface area contributed by atoms with Crippen molar-refractivity contribution in [3.8, 4) is 23.0 Å². The zero-order valence-corrected chi connectivity index (χ0v) is 12.3. The van der Waals surface area contributed by atoms with Crippen molar-refractivity contribution in [3.05, 3.63) is 60.9 Å². The summed E-state index contributed by atoms with van der Waals surface area (Å²) in [6.45, 7) is 0. The van der Waals surface area contributed by atoms with Crippen molar-refractivity contribution in [2.24, 2.45) is 0 Å². The second kappa shape index (κ2) is 7.73. The Morgan fingerprint density at radius 2 is 1.23 bits per heavy atom. The van der Waals surface area contributed by atoms with Gasteiger partial charge in [0.05, 0.1) is 26.6 Å². The van der Waals surface area contributed by atoms with Crippen LogP contribution in [0.2, 0.25) is 0 Å². The van der Waals surface area contributed by atoms with Crippen LogP contribution in [-0.4, -0.2) is 20.2 Å². The highest BCUT2D eigenvalue weighted by atomic mass is 16.5. The predicted molar refractivity (Wildman–Crippen MR) is 81.4 cm³/mol. The van der Waals surface area contributed by atoms with Crippen molar-refractivity contribution in [1.82, 2.24) is 0 Å². The third-order valence-corrected chi connectivity index (χ3v) is 2.75. The van der Waals surface area contributed by atoms with Crippen molar-refractivity contribution >= 4 is 5.97 Å². The number of methoxy groups -OCH3 is 2. The number of rotatable bonds is 6. The molecule has 0 saturated heterocycles. The fourth-order valence-electron chi connectivity index (χ4n) is 1.62. The maximum absolute atomic E-state index is 11.6. The monoisotopic (exact) mass is 300 g/mol. The molecule has 0 bridgehead atoms. The molecule has 0 aliphatic carbocycles. The van der Waals surface area contributed by atoms with Crippen molar-refractivity contribution in [3.63, 3.8) is 0 Å². The van der Waals surface area contributed by atoms with E-state index in [2.05, 4.69) is 0 Å². The molecule has 0 aliphatic heterocycles. The lowest BCUT2D eigenvalue weighted by molar-refractivity contribution is -0.129. The molecule has 0 unspecified atom stereocenters. The summed E-state index contributed by atoms with van der Waals surface area (Å²) in [7, 11) is 3.16. The zero-order chi connectivity index (χ0) is 15.8. The molecular formula is C17H16O5. The molecule has 0 fully saturated rings. The summed E-state index contributed by atoms with van der Waals surface area (Å²) in [6, 6.07) is 13.7. The maximum atomic E-state index is 11.6. The Bertz CT molecular complexity index is 629. The van der Waals surface area contributed by atoms with Gasteiger partial charge in [0.2, 0.25) is 0 Å². The molecule has 0 heterocycles. The van der Waals surface area contributed by atoms with Crippen molar-refractivity contribution in [2.45, 2.75) is 0 Å². The van der Waals surface area contributed by atoms with E-state index < -0.39 is 5.97 Å². The molecule has 2 rings (SSSR count). The normalized spacial score (nSPS) is 10.3. The number of esters is 1. The largest absolute Gasteiger partial charge is 0.497 e. The number of hydrogen-bond acceptors (Lipinski definition) is 5. The van der Waals surface area contributed by atoms with Crippen LogP contribution in [0.3, 0.4) is 0 Å². The minimum atomic E-state index is -0.529. The van der Waals surface area contributed by atoms with Crippen LogP contribution in [0, 0.1) is 0 Å². The summed E-state index contributed by atoms with van der Waals surface area (Å²) >= 11 is 0. The van der Waals surface area contributed by atoms with Crippen LogP contribution >= 0.6 is 0 Å². The number of ether oxygens (including phenoxy) is 4. The summed E-state index contributed by atoms with van der Waals surface area (Å²) in [5.74, 6) is 1.92. The maximum Gasteiger partial charge on any atom is 0.339 e. The fourth-order valence-corrected chi connectivity index (χ4v) is 1.62. The summed E-state index contributed by atoms with van der Waals surface area (Å²) in [6.07, 6.45) is 2.47. The molecule has 0 spiro atoms. The third-order valence-electron chi connectivity index (χ3n) is 2.75. The molecule has 0 radical (unpaired) electrons. The third kappa shape index (κ3) is 4.56. The van der Waals surface area contributed by atoms with Gasteiger partial charge < -0.3 is 18.9 Å². The molecule has 22 heavy (non-hydrogen) atoms. The Labute approximate surface area is 128 Å². The van der Waals surface area contributed by atoms with Gasteiger partial charge in [0, 0.05) is 0 Å². The SMILES string of the molecule is COc1ccc(OC=CC(=O)Oc2ccc(OC)cc2)cc1. The molecule has 0 saturated carbocycles. The predicted octanol–water partition coefficient (Wildman–Crippen LogP) is 3.20. The van der Waals surface area contributed by atoms with E-state index in [1.807, 2.05) is 0 Å².